The Morgan fingerprint density at radius 2 is 1.58 bits per heavy atom. The number of carbonyl (C=O) groups is 1. The van der Waals surface area contributed by atoms with Gasteiger partial charge in [-0.1, -0.05) is 52.8 Å². The molecule has 0 saturated heterocycles. The monoisotopic (exact) mass is 498 g/mol. The van der Waals surface area contributed by atoms with Crippen molar-refractivity contribution < 1.29 is 13.2 Å². The zero-order valence-electron chi connectivity index (χ0n) is 17.7. The molecule has 33 heavy (non-hydrogen) atoms. The number of amides is 1. The van der Waals surface area contributed by atoms with Crippen molar-refractivity contribution in [3.8, 4) is 10.6 Å². The smallest absolute Gasteiger partial charge is 0.264 e. The van der Waals surface area contributed by atoms with E-state index in [0.29, 0.717) is 26.4 Å². The number of halogens is 1. The molecule has 3 aromatic carbocycles. The number of sulfonamides is 1. The van der Waals surface area contributed by atoms with Crippen LogP contribution in [0, 0.1) is 6.92 Å². The van der Waals surface area contributed by atoms with Crippen LogP contribution in [0.3, 0.4) is 0 Å². The minimum Gasteiger partial charge on any atom is -0.296 e. The molecule has 0 radical (unpaired) electrons. The fraction of sp³-hybridized carbons (Fsp3) is 0.0870. The summed E-state index contributed by atoms with van der Waals surface area (Å²) in [6, 6.07) is 20.1. The van der Waals surface area contributed by atoms with Crippen LogP contribution < -0.4 is 9.62 Å². The van der Waals surface area contributed by atoms with Crippen LogP contribution >= 0.6 is 22.9 Å². The number of aromatic nitrogens is 2. The lowest BCUT2D eigenvalue weighted by Crippen LogP contribution is -2.26. The Hall–Kier alpha value is -3.27. The van der Waals surface area contributed by atoms with Crippen molar-refractivity contribution >= 4 is 49.7 Å². The number of hydrogen-bond donors (Lipinski definition) is 1. The van der Waals surface area contributed by atoms with Crippen molar-refractivity contribution in [1.29, 1.82) is 0 Å². The molecule has 0 aliphatic heterocycles. The Morgan fingerprint density at radius 3 is 2.21 bits per heavy atom. The highest BCUT2D eigenvalue weighted by Crippen LogP contribution is 2.27. The van der Waals surface area contributed by atoms with Gasteiger partial charge in [0.15, 0.2) is 0 Å². The molecule has 4 aromatic rings. The summed E-state index contributed by atoms with van der Waals surface area (Å²) in [7, 11) is -2.31. The number of aryl methyl sites for hydroxylation is 1. The van der Waals surface area contributed by atoms with Gasteiger partial charge in [0.2, 0.25) is 5.13 Å². The van der Waals surface area contributed by atoms with Crippen LogP contribution in [0.1, 0.15) is 15.9 Å². The van der Waals surface area contributed by atoms with Crippen LogP contribution in [0.2, 0.25) is 5.02 Å². The topological polar surface area (TPSA) is 92.3 Å². The Bertz CT molecular complexity index is 1390. The number of anilines is 2. The summed E-state index contributed by atoms with van der Waals surface area (Å²) in [5.41, 5.74) is 2.85. The molecule has 1 N–H and O–H groups in total. The van der Waals surface area contributed by atoms with E-state index in [1.165, 1.54) is 42.6 Å². The quantitative estimate of drug-likeness (QED) is 0.392. The highest BCUT2D eigenvalue weighted by atomic mass is 35.5. The van der Waals surface area contributed by atoms with E-state index in [1.54, 1.807) is 24.3 Å². The number of rotatable bonds is 6. The molecule has 0 aliphatic carbocycles. The highest BCUT2D eigenvalue weighted by molar-refractivity contribution is 7.92. The van der Waals surface area contributed by atoms with Gasteiger partial charge in [-0.05, 0) is 55.5 Å². The largest absolute Gasteiger partial charge is 0.296 e. The first kappa shape index (κ1) is 22.9. The molecule has 4 rings (SSSR count). The molecule has 0 bridgehead atoms. The first-order valence-electron chi connectivity index (χ1n) is 9.80. The Kier molecular flexibility index (Phi) is 6.46. The molecule has 1 heterocycles. The second kappa shape index (κ2) is 9.30. The third-order valence-electron chi connectivity index (χ3n) is 4.91. The molecule has 0 aliphatic rings. The molecular weight excluding hydrogens is 480 g/mol. The van der Waals surface area contributed by atoms with Gasteiger partial charge in [0.1, 0.15) is 5.01 Å². The van der Waals surface area contributed by atoms with Gasteiger partial charge in [-0.15, -0.1) is 10.2 Å². The predicted octanol–water partition coefficient (Wildman–Crippen LogP) is 5.24. The maximum Gasteiger partial charge on any atom is 0.264 e. The van der Waals surface area contributed by atoms with Crippen molar-refractivity contribution in [2.45, 2.75) is 11.8 Å². The highest BCUT2D eigenvalue weighted by Gasteiger charge is 2.21. The van der Waals surface area contributed by atoms with Crippen LogP contribution in [-0.4, -0.2) is 31.6 Å². The summed E-state index contributed by atoms with van der Waals surface area (Å²) in [6.07, 6.45) is 0. The molecule has 1 amide bonds. The molecular formula is C23H19ClN4O3S2. The molecule has 168 valence electrons. The first-order valence-corrected chi connectivity index (χ1v) is 12.4. The lowest BCUT2D eigenvalue weighted by Gasteiger charge is -2.19. The summed E-state index contributed by atoms with van der Waals surface area (Å²) >= 11 is 7.12. The summed E-state index contributed by atoms with van der Waals surface area (Å²) < 4.78 is 26.8. The maximum absolute atomic E-state index is 12.8. The molecule has 7 nitrogen and oxygen atoms in total. The fourth-order valence-electron chi connectivity index (χ4n) is 2.98. The van der Waals surface area contributed by atoms with Gasteiger partial charge in [0.25, 0.3) is 15.9 Å². The van der Waals surface area contributed by atoms with E-state index in [-0.39, 0.29) is 10.8 Å². The van der Waals surface area contributed by atoms with Crippen LogP contribution in [-0.2, 0) is 10.0 Å². The van der Waals surface area contributed by atoms with Gasteiger partial charge in [-0.3, -0.25) is 14.4 Å². The van der Waals surface area contributed by atoms with E-state index in [4.69, 9.17) is 11.6 Å². The zero-order valence-corrected chi connectivity index (χ0v) is 20.1. The molecule has 0 spiro atoms. The average molecular weight is 499 g/mol. The van der Waals surface area contributed by atoms with E-state index in [9.17, 15) is 13.2 Å². The van der Waals surface area contributed by atoms with Crippen LogP contribution in [0.4, 0.5) is 10.8 Å². The van der Waals surface area contributed by atoms with E-state index in [2.05, 4.69) is 15.5 Å². The fourth-order valence-corrected chi connectivity index (χ4v) is 5.05. The first-order chi connectivity index (χ1) is 15.7. The average Bonchev–Trinajstić information content (AvgIpc) is 3.28. The van der Waals surface area contributed by atoms with Crippen molar-refractivity contribution in [2.24, 2.45) is 0 Å². The SMILES string of the molecule is Cc1ccc(-c2nnc(NC(=O)c3ccc(N(C)S(=O)(=O)c4ccc(Cl)cc4)cc3)s2)cc1. The van der Waals surface area contributed by atoms with Crippen molar-refractivity contribution in [1.82, 2.24) is 10.2 Å². The van der Waals surface area contributed by atoms with Crippen LogP contribution in [0.15, 0.2) is 77.7 Å². The van der Waals surface area contributed by atoms with Gasteiger partial charge >= 0.3 is 0 Å². The van der Waals surface area contributed by atoms with Gasteiger partial charge in [-0.2, -0.15) is 0 Å². The molecule has 10 heteroatoms. The zero-order chi connectivity index (χ0) is 23.6. The maximum atomic E-state index is 12.8. The normalized spacial score (nSPS) is 11.2. The summed E-state index contributed by atoms with van der Waals surface area (Å²) in [4.78, 5) is 12.7. The molecule has 0 atom stereocenters. The van der Waals surface area contributed by atoms with E-state index in [0.717, 1.165) is 15.4 Å². The number of hydrogen-bond acceptors (Lipinski definition) is 6. The summed E-state index contributed by atoms with van der Waals surface area (Å²) in [5, 5.41) is 12.4. The second-order valence-electron chi connectivity index (χ2n) is 7.21. The Balaban J connectivity index is 1.46. The Labute approximate surface area is 200 Å². The molecule has 0 saturated carbocycles. The van der Waals surface area contributed by atoms with Crippen LogP contribution in [0.5, 0.6) is 0 Å². The number of carbonyl (C=O) groups excluding carboxylic acids is 1. The Morgan fingerprint density at radius 1 is 0.939 bits per heavy atom. The van der Waals surface area contributed by atoms with Crippen molar-refractivity contribution in [3.63, 3.8) is 0 Å². The number of nitrogens with one attached hydrogen (secondary N) is 1. The lowest BCUT2D eigenvalue weighted by molar-refractivity contribution is 0.102. The molecule has 0 unspecified atom stereocenters. The van der Waals surface area contributed by atoms with Crippen molar-refractivity contribution in [2.75, 3.05) is 16.7 Å². The second-order valence-corrected chi connectivity index (χ2v) is 10.6. The third kappa shape index (κ3) is 5.05. The van der Waals surface area contributed by atoms with E-state index < -0.39 is 10.0 Å². The minimum atomic E-state index is -3.76. The predicted molar refractivity (Wildman–Crippen MR) is 132 cm³/mol. The minimum absolute atomic E-state index is 0.122. The molecule has 1 aromatic heterocycles. The third-order valence-corrected chi connectivity index (χ3v) is 7.85. The summed E-state index contributed by atoms with van der Waals surface area (Å²) in [6.45, 7) is 2.01. The summed E-state index contributed by atoms with van der Waals surface area (Å²) in [5.74, 6) is -0.364. The van der Waals surface area contributed by atoms with Crippen LogP contribution in [0.25, 0.3) is 10.6 Å². The number of nitrogens with zero attached hydrogens (tertiary/aromatic N) is 3. The number of benzene rings is 3. The van der Waals surface area contributed by atoms with Gasteiger partial charge in [-0.25, -0.2) is 8.42 Å². The molecule has 0 fully saturated rings. The van der Waals surface area contributed by atoms with Gasteiger partial charge < -0.3 is 0 Å². The van der Waals surface area contributed by atoms with E-state index >= 15 is 0 Å². The van der Waals surface area contributed by atoms with E-state index in [1.807, 2.05) is 31.2 Å². The lowest BCUT2D eigenvalue weighted by atomic mass is 10.2. The van der Waals surface area contributed by atoms with Gasteiger partial charge in [0, 0.05) is 23.2 Å². The van der Waals surface area contributed by atoms with Crippen molar-refractivity contribution in [3.05, 3.63) is 88.9 Å². The standard InChI is InChI=1S/C23H19ClN4O3S2/c1-15-3-5-17(6-4-15)22-26-27-23(32-22)25-21(29)16-7-11-19(12-8-16)28(2)33(30,31)20-13-9-18(24)10-14-20/h3-14H,1-2H3,(H,25,27,29). The van der Waals surface area contributed by atoms with Gasteiger partial charge in [0.05, 0.1) is 10.6 Å².